The lowest BCUT2D eigenvalue weighted by Crippen LogP contribution is -2.29. The third-order valence-electron chi connectivity index (χ3n) is 4.38. The average Bonchev–Trinajstić information content (AvgIpc) is 3.13. The fraction of sp³-hybridized carbons (Fsp3) is 0.158. The molecule has 4 rings (SSSR count). The Hall–Kier alpha value is -3.15. The molecule has 0 saturated carbocycles. The lowest BCUT2D eigenvalue weighted by Gasteiger charge is -2.18. The minimum atomic E-state index is -0.355. The number of imidazole rings is 1. The first-order valence-corrected chi connectivity index (χ1v) is 8.07. The molecule has 0 aliphatic carbocycles. The summed E-state index contributed by atoms with van der Waals surface area (Å²) >= 11 is 0. The van der Waals surface area contributed by atoms with Gasteiger partial charge < -0.3 is 15.0 Å². The highest BCUT2D eigenvalue weighted by Gasteiger charge is 2.30. The van der Waals surface area contributed by atoms with Crippen molar-refractivity contribution < 1.29 is 9.50 Å². The van der Waals surface area contributed by atoms with Crippen LogP contribution in [0.4, 0.5) is 4.39 Å². The van der Waals surface area contributed by atoms with Crippen LogP contribution in [0.5, 0.6) is 0 Å². The number of H-pyrrole nitrogens is 1. The van der Waals surface area contributed by atoms with E-state index in [2.05, 4.69) is 9.97 Å². The number of aliphatic hydroxyl groups excluding tert-OH is 1. The van der Waals surface area contributed by atoms with Crippen LogP contribution < -0.4 is 0 Å². The second kappa shape index (κ2) is 6.05. The van der Waals surface area contributed by atoms with Crippen molar-refractivity contribution in [1.29, 1.82) is 5.41 Å². The summed E-state index contributed by atoms with van der Waals surface area (Å²) in [5, 5.41) is 18.7. The third-order valence-corrected chi connectivity index (χ3v) is 4.38. The van der Waals surface area contributed by atoms with Crippen molar-refractivity contribution in [1.82, 2.24) is 14.9 Å². The van der Waals surface area contributed by atoms with Gasteiger partial charge in [0.25, 0.3) is 0 Å². The summed E-state index contributed by atoms with van der Waals surface area (Å²) in [5.41, 5.74) is 2.71. The number of nitrogens with one attached hydrogen (secondary N) is 2. The summed E-state index contributed by atoms with van der Waals surface area (Å²) in [5.74, 6) is 0.378. The summed E-state index contributed by atoms with van der Waals surface area (Å²) < 4.78 is 13.3. The van der Waals surface area contributed by atoms with E-state index in [1.165, 1.54) is 17.7 Å². The standard InChI is InChI=1S/C19H17FN4O/c20-13-6-7-14-15(10-13)23-19(22-14)17-16(25)11-24(18(17)21)9-8-12-4-2-1-3-5-12/h1-7,10,21,25H,8-9,11H2,(H,22,23). The zero-order valence-corrected chi connectivity index (χ0v) is 13.5. The van der Waals surface area contributed by atoms with Crippen molar-refractivity contribution in [3.8, 4) is 0 Å². The average molecular weight is 336 g/mol. The summed E-state index contributed by atoms with van der Waals surface area (Å²) in [7, 11) is 0. The van der Waals surface area contributed by atoms with E-state index >= 15 is 0 Å². The van der Waals surface area contributed by atoms with Crippen molar-refractivity contribution in [2.24, 2.45) is 0 Å². The normalized spacial score (nSPS) is 14.8. The summed E-state index contributed by atoms with van der Waals surface area (Å²) in [6.45, 7) is 0.914. The van der Waals surface area contributed by atoms with E-state index in [4.69, 9.17) is 5.41 Å². The second-order valence-electron chi connectivity index (χ2n) is 6.07. The van der Waals surface area contributed by atoms with Crippen molar-refractivity contribution in [2.75, 3.05) is 13.1 Å². The Balaban J connectivity index is 1.55. The second-order valence-corrected chi connectivity index (χ2v) is 6.07. The molecule has 0 spiro atoms. The number of aromatic amines is 1. The maximum atomic E-state index is 13.3. The molecule has 0 fully saturated rings. The molecule has 1 aliphatic heterocycles. The van der Waals surface area contributed by atoms with Gasteiger partial charge in [0.15, 0.2) is 0 Å². The number of rotatable bonds is 4. The van der Waals surface area contributed by atoms with Gasteiger partial charge in [-0.05, 0) is 30.2 Å². The number of hydrogen-bond donors (Lipinski definition) is 3. The van der Waals surface area contributed by atoms with Crippen molar-refractivity contribution in [2.45, 2.75) is 6.42 Å². The predicted molar refractivity (Wildman–Crippen MR) is 95.0 cm³/mol. The van der Waals surface area contributed by atoms with Crippen LogP contribution in [0.1, 0.15) is 11.4 Å². The zero-order chi connectivity index (χ0) is 17.4. The fourth-order valence-electron chi connectivity index (χ4n) is 3.08. The maximum absolute atomic E-state index is 13.3. The predicted octanol–water partition coefficient (Wildman–Crippen LogP) is 3.51. The molecule has 3 N–H and O–H groups in total. The topological polar surface area (TPSA) is 76.0 Å². The van der Waals surface area contributed by atoms with Gasteiger partial charge in [-0.3, -0.25) is 5.41 Å². The largest absolute Gasteiger partial charge is 0.510 e. The van der Waals surface area contributed by atoms with Gasteiger partial charge in [0, 0.05) is 6.54 Å². The molecule has 5 nitrogen and oxygen atoms in total. The van der Waals surface area contributed by atoms with Gasteiger partial charge in [-0.1, -0.05) is 30.3 Å². The first-order chi connectivity index (χ1) is 12.1. The lowest BCUT2D eigenvalue weighted by atomic mass is 10.1. The Kier molecular flexibility index (Phi) is 3.72. The van der Waals surface area contributed by atoms with Crippen LogP contribution in [0.2, 0.25) is 0 Å². The number of hydrogen-bond acceptors (Lipinski definition) is 3. The highest BCUT2D eigenvalue weighted by molar-refractivity contribution is 6.23. The Morgan fingerprint density at radius 2 is 2.00 bits per heavy atom. The SMILES string of the molecule is N=C1C(c2nc3ccc(F)cc3[nH]2)=C(O)CN1CCc1ccccc1. The van der Waals surface area contributed by atoms with Gasteiger partial charge in [0.2, 0.25) is 0 Å². The first-order valence-electron chi connectivity index (χ1n) is 8.07. The molecular formula is C19H17FN4O. The highest BCUT2D eigenvalue weighted by atomic mass is 19.1. The first kappa shape index (κ1) is 15.4. The molecule has 0 saturated heterocycles. The molecule has 6 heteroatoms. The number of fused-ring (bicyclic) bond motifs is 1. The van der Waals surface area contributed by atoms with Crippen LogP contribution in [-0.2, 0) is 6.42 Å². The quantitative estimate of drug-likeness (QED) is 0.682. The number of benzene rings is 2. The molecule has 126 valence electrons. The van der Waals surface area contributed by atoms with Crippen LogP contribution >= 0.6 is 0 Å². The Labute approximate surface area is 143 Å². The minimum Gasteiger partial charge on any atom is -0.510 e. The molecule has 1 aliphatic rings. The summed E-state index contributed by atoms with van der Waals surface area (Å²) in [6.07, 6.45) is 0.787. The lowest BCUT2D eigenvalue weighted by molar-refractivity contribution is 0.351. The molecule has 0 atom stereocenters. The van der Waals surface area contributed by atoms with Crippen molar-refractivity contribution in [3.05, 3.63) is 71.5 Å². The molecule has 0 amide bonds. The van der Waals surface area contributed by atoms with E-state index in [-0.39, 0.29) is 24.0 Å². The highest BCUT2D eigenvalue weighted by Crippen LogP contribution is 2.27. The monoisotopic (exact) mass is 336 g/mol. The van der Waals surface area contributed by atoms with Crippen LogP contribution in [0, 0.1) is 11.2 Å². The summed E-state index contributed by atoms with van der Waals surface area (Å²) in [6, 6.07) is 14.3. The van der Waals surface area contributed by atoms with Gasteiger partial charge in [-0.15, -0.1) is 0 Å². The molecule has 2 heterocycles. The number of halogens is 1. The number of nitrogens with zero attached hydrogens (tertiary/aromatic N) is 2. The van der Waals surface area contributed by atoms with Crippen molar-refractivity contribution >= 4 is 22.4 Å². The smallest absolute Gasteiger partial charge is 0.145 e. The molecule has 0 radical (unpaired) electrons. The third kappa shape index (κ3) is 2.87. The molecule has 0 bridgehead atoms. The van der Waals surface area contributed by atoms with E-state index in [0.29, 0.717) is 29.0 Å². The van der Waals surface area contributed by atoms with Gasteiger partial charge in [0.05, 0.1) is 23.2 Å². The molecule has 2 aromatic carbocycles. The molecule has 0 unspecified atom stereocenters. The number of aliphatic hydroxyl groups is 1. The molecule has 3 aromatic rings. The molecule has 25 heavy (non-hydrogen) atoms. The van der Waals surface area contributed by atoms with Crippen LogP contribution in [0.3, 0.4) is 0 Å². The molecule has 1 aromatic heterocycles. The zero-order valence-electron chi connectivity index (χ0n) is 13.5. The van der Waals surface area contributed by atoms with Crippen molar-refractivity contribution in [3.63, 3.8) is 0 Å². The van der Waals surface area contributed by atoms with Crippen LogP contribution in [0.15, 0.2) is 54.3 Å². The fourth-order valence-corrected chi connectivity index (χ4v) is 3.08. The van der Waals surface area contributed by atoms with Gasteiger partial charge >= 0.3 is 0 Å². The van der Waals surface area contributed by atoms with E-state index in [1.54, 1.807) is 6.07 Å². The van der Waals surface area contributed by atoms with E-state index in [0.717, 1.165) is 6.42 Å². The minimum absolute atomic E-state index is 0.109. The number of aromatic nitrogens is 2. The number of amidine groups is 1. The maximum Gasteiger partial charge on any atom is 0.145 e. The van der Waals surface area contributed by atoms with E-state index in [9.17, 15) is 9.50 Å². The Morgan fingerprint density at radius 1 is 1.20 bits per heavy atom. The van der Waals surface area contributed by atoms with Gasteiger partial charge in [0.1, 0.15) is 23.2 Å². The van der Waals surface area contributed by atoms with Gasteiger partial charge in [-0.2, -0.15) is 0 Å². The van der Waals surface area contributed by atoms with E-state index < -0.39 is 0 Å². The molecular weight excluding hydrogens is 319 g/mol. The Morgan fingerprint density at radius 3 is 2.80 bits per heavy atom. The van der Waals surface area contributed by atoms with E-state index in [1.807, 2.05) is 35.2 Å². The van der Waals surface area contributed by atoms with Crippen LogP contribution in [0.25, 0.3) is 16.6 Å². The summed E-state index contributed by atoms with van der Waals surface area (Å²) in [4.78, 5) is 9.19. The Bertz CT molecular complexity index is 978. The van der Waals surface area contributed by atoms with Gasteiger partial charge in [-0.25, -0.2) is 9.37 Å². The van der Waals surface area contributed by atoms with Crippen LogP contribution in [-0.4, -0.2) is 38.9 Å².